The van der Waals surface area contributed by atoms with Crippen LogP contribution in [0.1, 0.15) is 20.8 Å². The number of nitrogens with one attached hydrogen (secondary N) is 1. The highest BCUT2D eigenvalue weighted by molar-refractivity contribution is 7.21. The van der Waals surface area contributed by atoms with Crippen molar-refractivity contribution in [2.75, 3.05) is 25.6 Å². The lowest BCUT2D eigenvalue weighted by atomic mass is 10.1. The first kappa shape index (κ1) is 19.8. The summed E-state index contributed by atoms with van der Waals surface area (Å²) in [4.78, 5) is 26.6. The van der Waals surface area contributed by atoms with Crippen LogP contribution in [0.5, 0.6) is 0 Å². The molecule has 1 aromatic heterocycles. The third-order valence-electron chi connectivity index (χ3n) is 4.37. The molecule has 3 rings (SSSR count). The quantitative estimate of drug-likeness (QED) is 0.638. The summed E-state index contributed by atoms with van der Waals surface area (Å²) in [6.45, 7) is 1.64. The van der Waals surface area contributed by atoms with E-state index in [9.17, 15) is 14.0 Å². The van der Waals surface area contributed by atoms with Crippen molar-refractivity contribution in [2.24, 2.45) is 0 Å². The van der Waals surface area contributed by atoms with Crippen LogP contribution in [0.4, 0.5) is 10.1 Å². The maximum Gasteiger partial charge on any atom is 0.349 e. The number of anilines is 1. The van der Waals surface area contributed by atoms with E-state index in [-0.39, 0.29) is 12.4 Å². The van der Waals surface area contributed by atoms with E-state index >= 15 is 0 Å². The maximum atomic E-state index is 14.0. The highest BCUT2D eigenvalue weighted by Gasteiger charge is 2.19. The Hall–Kier alpha value is -2.93. The average molecular weight is 400 g/mol. The van der Waals surface area contributed by atoms with Gasteiger partial charge in [0.15, 0.2) is 6.61 Å². The molecule has 0 saturated carbocycles. The van der Waals surface area contributed by atoms with Gasteiger partial charge in [-0.25, -0.2) is 9.18 Å². The molecule has 0 unspecified atom stereocenters. The Morgan fingerprint density at radius 2 is 1.86 bits per heavy atom. The zero-order valence-electron chi connectivity index (χ0n) is 15.9. The normalized spacial score (nSPS) is 10.7. The van der Waals surface area contributed by atoms with Gasteiger partial charge in [-0.15, -0.1) is 11.3 Å². The molecule has 0 bridgehead atoms. The van der Waals surface area contributed by atoms with E-state index in [4.69, 9.17) is 4.74 Å². The third kappa shape index (κ3) is 4.31. The lowest BCUT2D eigenvalue weighted by Gasteiger charge is -2.13. The van der Waals surface area contributed by atoms with Gasteiger partial charge in [0.1, 0.15) is 10.7 Å². The molecule has 0 aliphatic rings. The van der Waals surface area contributed by atoms with Crippen molar-refractivity contribution in [3.05, 3.63) is 64.3 Å². The molecule has 0 saturated heterocycles. The number of hydrogen-bond donors (Lipinski definition) is 1. The average Bonchev–Trinajstić information content (AvgIpc) is 3.02. The molecule has 0 radical (unpaired) electrons. The number of rotatable bonds is 6. The Morgan fingerprint density at radius 1 is 1.14 bits per heavy atom. The summed E-state index contributed by atoms with van der Waals surface area (Å²) < 4.78 is 19.7. The molecule has 0 atom stereocenters. The largest absolute Gasteiger partial charge is 0.451 e. The number of fused-ring (bicyclic) bond motifs is 1. The number of thiophene rings is 1. The monoisotopic (exact) mass is 400 g/mol. The van der Waals surface area contributed by atoms with E-state index in [1.807, 2.05) is 43.3 Å². The Labute approximate surface area is 166 Å². The smallest absolute Gasteiger partial charge is 0.349 e. The van der Waals surface area contributed by atoms with Crippen LogP contribution in [0, 0.1) is 12.7 Å². The summed E-state index contributed by atoms with van der Waals surface area (Å²) in [7, 11) is 3.91. The summed E-state index contributed by atoms with van der Waals surface area (Å²) in [5.41, 5.74) is 2.55. The maximum absolute atomic E-state index is 14.0. The molecule has 146 valence electrons. The first-order valence-corrected chi connectivity index (χ1v) is 9.56. The number of halogens is 1. The van der Waals surface area contributed by atoms with Crippen LogP contribution in [0.2, 0.25) is 0 Å². The van der Waals surface area contributed by atoms with E-state index < -0.39 is 11.9 Å². The fraction of sp³-hybridized carbons (Fsp3) is 0.238. The van der Waals surface area contributed by atoms with Crippen LogP contribution >= 0.6 is 11.3 Å². The number of benzene rings is 2. The fourth-order valence-electron chi connectivity index (χ4n) is 2.81. The number of carbonyl (C=O) groups excluding carboxylic acids is 2. The highest BCUT2D eigenvalue weighted by atomic mass is 32.1. The Morgan fingerprint density at radius 3 is 2.50 bits per heavy atom. The molecule has 7 heteroatoms. The summed E-state index contributed by atoms with van der Waals surface area (Å²) in [6, 6.07) is 12.5. The first-order chi connectivity index (χ1) is 13.4. The molecule has 0 aliphatic heterocycles. The third-order valence-corrected chi connectivity index (χ3v) is 5.60. The molecule has 3 aromatic rings. The summed E-state index contributed by atoms with van der Waals surface area (Å²) in [5.74, 6) is -1.39. The second-order valence-electron chi connectivity index (χ2n) is 6.58. The van der Waals surface area contributed by atoms with Gasteiger partial charge in [-0.1, -0.05) is 18.2 Å². The van der Waals surface area contributed by atoms with Crippen LogP contribution in [0.3, 0.4) is 0 Å². The summed E-state index contributed by atoms with van der Waals surface area (Å²) in [5, 5.41) is 3.14. The minimum Gasteiger partial charge on any atom is -0.451 e. The molecule has 1 amide bonds. The van der Waals surface area contributed by atoms with Gasteiger partial charge in [-0.3, -0.25) is 4.79 Å². The number of esters is 1. The van der Waals surface area contributed by atoms with Crippen LogP contribution in [0.25, 0.3) is 10.1 Å². The molecule has 1 heterocycles. The number of carbonyl (C=O) groups is 2. The highest BCUT2D eigenvalue weighted by Crippen LogP contribution is 2.32. The molecular weight excluding hydrogens is 379 g/mol. The second-order valence-corrected chi connectivity index (χ2v) is 7.64. The molecule has 5 nitrogen and oxygen atoms in total. The van der Waals surface area contributed by atoms with E-state index in [0.717, 1.165) is 22.6 Å². The van der Waals surface area contributed by atoms with E-state index in [1.165, 1.54) is 6.07 Å². The van der Waals surface area contributed by atoms with Gasteiger partial charge < -0.3 is 15.0 Å². The van der Waals surface area contributed by atoms with E-state index in [2.05, 4.69) is 5.32 Å². The van der Waals surface area contributed by atoms with Crippen molar-refractivity contribution in [3.8, 4) is 0 Å². The zero-order chi connectivity index (χ0) is 20.3. The van der Waals surface area contributed by atoms with Crippen LogP contribution in [-0.4, -0.2) is 32.6 Å². The number of amides is 1. The molecule has 0 aliphatic carbocycles. The van der Waals surface area contributed by atoms with Crippen molar-refractivity contribution >= 4 is 39.0 Å². The Balaban J connectivity index is 1.55. The van der Waals surface area contributed by atoms with Gasteiger partial charge in [0.25, 0.3) is 5.91 Å². The fourth-order valence-corrected chi connectivity index (χ4v) is 3.92. The van der Waals surface area contributed by atoms with Gasteiger partial charge in [0.2, 0.25) is 0 Å². The topological polar surface area (TPSA) is 58.6 Å². The molecule has 2 aromatic carbocycles. The number of hydrogen-bond acceptors (Lipinski definition) is 5. The van der Waals surface area contributed by atoms with E-state index in [1.54, 1.807) is 19.1 Å². The predicted molar refractivity (Wildman–Crippen MR) is 109 cm³/mol. The van der Waals surface area contributed by atoms with Crippen LogP contribution < -0.4 is 10.2 Å². The number of nitrogens with zero attached hydrogens (tertiary/aromatic N) is 1. The summed E-state index contributed by atoms with van der Waals surface area (Å²) >= 11 is 1.16. The minimum absolute atomic E-state index is 0.312. The van der Waals surface area contributed by atoms with Crippen molar-refractivity contribution in [1.82, 2.24) is 5.32 Å². The molecule has 28 heavy (non-hydrogen) atoms. The van der Waals surface area contributed by atoms with Gasteiger partial charge in [-0.2, -0.15) is 0 Å². The number of aryl methyl sites for hydroxylation is 1. The number of ether oxygens (including phenoxy) is 1. The van der Waals surface area contributed by atoms with E-state index in [0.29, 0.717) is 27.1 Å². The molecule has 1 N–H and O–H groups in total. The Bertz CT molecular complexity index is 1010. The van der Waals surface area contributed by atoms with Crippen LogP contribution in [0.15, 0.2) is 42.5 Å². The second kappa shape index (κ2) is 8.39. The van der Waals surface area contributed by atoms with Gasteiger partial charge in [0, 0.05) is 36.4 Å². The lowest BCUT2D eigenvalue weighted by molar-refractivity contribution is -0.124. The SMILES string of the molecule is Cc1c(C(=O)OCC(=O)NCc2ccc(N(C)C)cc2)sc2cccc(F)c12. The lowest BCUT2D eigenvalue weighted by Crippen LogP contribution is -2.28. The minimum atomic E-state index is -0.622. The van der Waals surface area contributed by atoms with Crippen molar-refractivity contribution in [1.29, 1.82) is 0 Å². The molecular formula is C21H21FN2O3S. The summed E-state index contributed by atoms with van der Waals surface area (Å²) in [6.07, 6.45) is 0. The van der Waals surface area contributed by atoms with Gasteiger partial charge in [-0.05, 0) is 42.3 Å². The van der Waals surface area contributed by atoms with Crippen molar-refractivity contribution in [2.45, 2.75) is 13.5 Å². The molecule has 0 spiro atoms. The first-order valence-electron chi connectivity index (χ1n) is 8.74. The van der Waals surface area contributed by atoms with Crippen molar-refractivity contribution < 1.29 is 18.7 Å². The Kier molecular flexibility index (Phi) is 5.94. The van der Waals surface area contributed by atoms with Crippen LogP contribution in [-0.2, 0) is 16.1 Å². The standard InChI is InChI=1S/C21H21FN2O3S/c1-13-19-16(22)5-4-6-17(19)28-20(13)21(26)27-12-18(25)23-11-14-7-9-15(10-8-14)24(2)3/h4-10H,11-12H2,1-3H3,(H,23,25). The van der Waals surface area contributed by atoms with Gasteiger partial charge >= 0.3 is 5.97 Å². The zero-order valence-corrected chi connectivity index (χ0v) is 16.7. The van der Waals surface area contributed by atoms with Gasteiger partial charge in [0.05, 0.1) is 0 Å². The predicted octanol–water partition coefficient (Wildman–Crippen LogP) is 3.89. The van der Waals surface area contributed by atoms with Crippen molar-refractivity contribution in [3.63, 3.8) is 0 Å². The molecule has 0 fully saturated rings.